The van der Waals surface area contributed by atoms with Crippen LogP contribution in [0.4, 0.5) is 0 Å². The van der Waals surface area contributed by atoms with Gasteiger partial charge in [0.15, 0.2) is 0 Å². The number of allylic oxidation sites excluding steroid dienone is 2. The molecule has 136 valence electrons. The second-order valence-corrected chi connectivity index (χ2v) is 7.67. The highest BCUT2D eigenvalue weighted by molar-refractivity contribution is 5.90. The average Bonchev–Trinajstić information content (AvgIpc) is 2.58. The van der Waals surface area contributed by atoms with Gasteiger partial charge in [0.2, 0.25) is 0 Å². The van der Waals surface area contributed by atoms with Crippen LogP contribution in [-0.4, -0.2) is 20.2 Å². The van der Waals surface area contributed by atoms with Crippen molar-refractivity contribution >= 4 is 12.0 Å². The van der Waals surface area contributed by atoms with Crippen LogP contribution in [0.15, 0.2) is 35.9 Å². The third kappa shape index (κ3) is 4.33. The average molecular weight is 342 g/mol. The standard InChI is InChI=1S/C22H30O3/c1-15(2)18-14-16(10-12-20(18)24-5)9-11-19-17(21(23)25-6)8-7-13-22(19,3)4/h8-12,14-15,19H,7,13H2,1-6H3/b11-9+/t19-/m1/s1. The van der Waals surface area contributed by atoms with Crippen molar-refractivity contribution in [3.05, 3.63) is 47.1 Å². The summed E-state index contributed by atoms with van der Waals surface area (Å²) in [7, 11) is 3.15. The summed E-state index contributed by atoms with van der Waals surface area (Å²) in [5, 5.41) is 0. The zero-order chi connectivity index (χ0) is 18.6. The lowest BCUT2D eigenvalue weighted by Crippen LogP contribution is -2.30. The van der Waals surface area contributed by atoms with E-state index in [1.807, 2.05) is 12.1 Å². The maximum Gasteiger partial charge on any atom is 0.334 e. The molecule has 0 bridgehead atoms. The first-order valence-electron chi connectivity index (χ1n) is 8.94. The molecule has 1 aromatic carbocycles. The molecule has 0 unspecified atom stereocenters. The highest BCUT2D eigenvalue weighted by Gasteiger charge is 2.36. The summed E-state index contributed by atoms with van der Waals surface area (Å²) in [5.41, 5.74) is 3.11. The highest BCUT2D eigenvalue weighted by atomic mass is 16.5. The van der Waals surface area contributed by atoms with Crippen LogP contribution in [0.25, 0.3) is 6.08 Å². The molecule has 1 aromatic rings. The second-order valence-electron chi connectivity index (χ2n) is 7.67. The molecule has 0 fully saturated rings. The van der Waals surface area contributed by atoms with Crippen molar-refractivity contribution in [3.8, 4) is 5.75 Å². The maximum absolute atomic E-state index is 12.2. The lowest BCUT2D eigenvalue weighted by atomic mass is 9.68. The van der Waals surface area contributed by atoms with Crippen molar-refractivity contribution < 1.29 is 14.3 Å². The molecule has 2 rings (SSSR count). The number of hydrogen-bond acceptors (Lipinski definition) is 3. The molecule has 0 spiro atoms. The van der Waals surface area contributed by atoms with Gasteiger partial charge in [-0.15, -0.1) is 0 Å². The highest BCUT2D eigenvalue weighted by Crippen LogP contribution is 2.42. The number of ether oxygens (including phenoxy) is 2. The summed E-state index contributed by atoms with van der Waals surface area (Å²) in [4.78, 5) is 12.2. The van der Waals surface area contributed by atoms with Crippen molar-refractivity contribution in [2.45, 2.75) is 46.5 Å². The van der Waals surface area contributed by atoms with E-state index in [9.17, 15) is 4.79 Å². The number of rotatable bonds is 5. The normalized spacial score (nSPS) is 19.8. The number of hydrogen-bond donors (Lipinski definition) is 0. The first-order valence-corrected chi connectivity index (χ1v) is 8.94. The summed E-state index contributed by atoms with van der Waals surface area (Å²) in [6, 6.07) is 6.23. The predicted molar refractivity (Wildman–Crippen MR) is 103 cm³/mol. The third-order valence-corrected chi connectivity index (χ3v) is 5.11. The van der Waals surface area contributed by atoms with Crippen LogP contribution >= 0.6 is 0 Å². The Morgan fingerprint density at radius 1 is 1.28 bits per heavy atom. The molecular formula is C22H30O3. The maximum atomic E-state index is 12.2. The number of esters is 1. The minimum atomic E-state index is -0.222. The summed E-state index contributed by atoms with van der Waals surface area (Å²) in [6.07, 6.45) is 8.26. The fraction of sp³-hybridized carbons (Fsp3) is 0.500. The van der Waals surface area contributed by atoms with Gasteiger partial charge in [-0.2, -0.15) is 0 Å². The van der Waals surface area contributed by atoms with Crippen molar-refractivity contribution in [1.82, 2.24) is 0 Å². The van der Waals surface area contributed by atoms with Crippen molar-refractivity contribution in [2.24, 2.45) is 11.3 Å². The van der Waals surface area contributed by atoms with Gasteiger partial charge in [0.05, 0.1) is 14.2 Å². The van der Waals surface area contributed by atoms with Crippen LogP contribution in [0.5, 0.6) is 5.75 Å². The van der Waals surface area contributed by atoms with Crippen LogP contribution < -0.4 is 4.74 Å². The van der Waals surface area contributed by atoms with E-state index in [0.29, 0.717) is 5.92 Å². The van der Waals surface area contributed by atoms with E-state index >= 15 is 0 Å². The second kappa shape index (κ2) is 7.90. The topological polar surface area (TPSA) is 35.5 Å². The number of carbonyl (C=O) groups is 1. The quantitative estimate of drug-likeness (QED) is 0.675. The van der Waals surface area contributed by atoms with E-state index in [4.69, 9.17) is 9.47 Å². The van der Waals surface area contributed by atoms with E-state index in [0.717, 1.165) is 29.7 Å². The van der Waals surface area contributed by atoms with Gasteiger partial charge in [0.25, 0.3) is 0 Å². The molecule has 0 aliphatic heterocycles. The molecule has 0 saturated carbocycles. The molecule has 0 saturated heterocycles. The third-order valence-electron chi connectivity index (χ3n) is 5.11. The molecule has 25 heavy (non-hydrogen) atoms. The fourth-order valence-corrected chi connectivity index (χ4v) is 3.51. The van der Waals surface area contributed by atoms with Gasteiger partial charge < -0.3 is 9.47 Å². The lowest BCUT2D eigenvalue weighted by Gasteiger charge is -2.36. The van der Waals surface area contributed by atoms with Crippen molar-refractivity contribution in [2.75, 3.05) is 14.2 Å². The monoisotopic (exact) mass is 342 g/mol. The van der Waals surface area contributed by atoms with Gasteiger partial charge in [-0.1, -0.05) is 52.0 Å². The minimum Gasteiger partial charge on any atom is -0.496 e. The predicted octanol–water partition coefficient (Wildman–Crippen LogP) is 5.37. The van der Waals surface area contributed by atoms with Crippen LogP contribution in [0.1, 0.15) is 57.6 Å². The smallest absolute Gasteiger partial charge is 0.334 e. The molecule has 0 radical (unpaired) electrons. The molecule has 0 amide bonds. The molecule has 0 heterocycles. The molecule has 3 heteroatoms. The van der Waals surface area contributed by atoms with Crippen LogP contribution in [-0.2, 0) is 9.53 Å². The Labute approximate surface area is 151 Å². The molecule has 1 aliphatic rings. The van der Waals surface area contributed by atoms with E-state index in [-0.39, 0.29) is 17.3 Å². The minimum absolute atomic E-state index is 0.0299. The van der Waals surface area contributed by atoms with Gasteiger partial charge >= 0.3 is 5.97 Å². The SMILES string of the molecule is COC(=O)C1=CCCC(C)(C)[C@@H]1/C=C/c1ccc(OC)c(C(C)C)c1. The largest absolute Gasteiger partial charge is 0.496 e. The van der Waals surface area contributed by atoms with Crippen LogP contribution in [0.2, 0.25) is 0 Å². The Balaban J connectivity index is 2.35. The van der Waals surface area contributed by atoms with E-state index in [1.54, 1.807) is 7.11 Å². The Morgan fingerprint density at radius 2 is 2.00 bits per heavy atom. The summed E-state index contributed by atoms with van der Waals surface area (Å²) >= 11 is 0. The van der Waals surface area contributed by atoms with Gasteiger partial charge in [0, 0.05) is 11.5 Å². The zero-order valence-corrected chi connectivity index (χ0v) is 16.3. The van der Waals surface area contributed by atoms with Crippen molar-refractivity contribution in [3.63, 3.8) is 0 Å². The van der Waals surface area contributed by atoms with Crippen LogP contribution in [0.3, 0.4) is 0 Å². The first kappa shape index (κ1) is 19.3. The Hall–Kier alpha value is -2.03. The van der Waals surface area contributed by atoms with Crippen molar-refractivity contribution in [1.29, 1.82) is 0 Å². The zero-order valence-electron chi connectivity index (χ0n) is 16.3. The van der Waals surface area contributed by atoms with Gasteiger partial charge in [-0.3, -0.25) is 0 Å². The number of methoxy groups -OCH3 is 2. The van der Waals surface area contributed by atoms with Gasteiger partial charge in [-0.25, -0.2) is 4.79 Å². The molecule has 0 aromatic heterocycles. The summed E-state index contributed by atoms with van der Waals surface area (Å²) in [6.45, 7) is 8.75. The molecule has 3 nitrogen and oxygen atoms in total. The Bertz CT molecular complexity index is 681. The number of benzene rings is 1. The van der Waals surface area contributed by atoms with E-state index < -0.39 is 0 Å². The van der Waals surface area contributed by atoms with Crippen LogP contribution in [0, 0.1) is 11.3 Å². The van der Waals surface area contributed by atoms with Gasteiger partial charge in [0.1, 0.15) is 5.75 Å². The van der Waals surface area contributed by atoms with E-state index in [1.165, 1.54) is 12.7 Å². The molecule has 0 N–H and O–H groups in total. The van der Waals surface area contributed by atoms with Gasteiger partial charge in [-0.05, 0) is 47.4 Å². The Kier molecular flexibility index (Phi) is 6.10. The number of carbonyl (C=O) groups excluding carboxylic acids is 1. The summed E-state index contributed by atoms with van der Waals surface area (Å²) in [5.74, 6) is 1.14. The molecular weight excluding hydrogens is 312 g/mol. The summed E-state index contributed by atoms with van der Waals surface area (Å²) < 4.78 is 10.4. The van der Waals surface area contributed by atoms with E-state index in [2.05, 4.69) is 52.0 Å². The lowest BCUT2D eigenvalue weighted by molar-refractivity contribution is -0.137. The molecule has 1 aliphatic carbocycles. The first-order chi connectivity index (χ1) is 11.8. The fourth-order valence-electron chi connectivity index (χ4n) is 3.51. The molecule has 1 atom stereocenters. The Morgan fingerprint density at radius 3 is 2.60 bits per heavy atom.